The van der Waals surface area contributed by atoms with Crippen molar-refractivity contribution in [2.24, 2.45) is 0 Å². The molecule has 2 N–H and O–H groups in total. The van der Waals surface area contributed by atoms with Crippen molar-refractivity contribution < 1.29 is 18.8 Å². The molecule has 3 saturated heterocycles. The van der Waals surface area contributed by atoms with Crippen LogP contribution in [0.2, 0.25) is 0 Å². The van der Waals surface area contributed by atoms with Crippen LogP contribution in [0, 0.1) is 17.3 Å². The van der Waals surface area contributed by atoms with Crippen LogP contribution >= 0.6 is 0 Å². The van der Waals surface area contributed by atoms with E-state index in [-0.39, 0.29) is 24.0 Å². The van der Waals surface area contributed by atoms with Crippen LogP contribution in [0.5, 0.6) is 0 Å². The molecule has 52 heavy (non-hydrogen) atoms. The number of piperazine rings is 1. The number of carbonyl (C=O) groups is 3. The summed E-state index contributed by atoms with van der Waals surface area (Å²) < 4.78 is 14.8. The van der Waals surface area contributed by atoms with Gasteiger partial charge in [0, 0.05) is 103 Å². The van der Waals surface area contributed by atoms with Gasteiger partial charge in [0.15, 0.2) is 5.78 Å². The third-order valence-corrected chi connectivity index (χ3v) is 12.0. The Morgan fingerprint density at radius 2 is 1.75 bits per heavy atom. The van der Waals surface area contributed by atoms with Gasteiger partial charge in [0.1, 0.15) is 0 Å². The third-order valence-electron chi connectivity index (χ3n) is 12.0. The van der Waals surface area contributed by atoms with Crippen LogP contribution in [0.25, 0.3) is 10.9 Å². The number of aromatic nitrogens is 2. The molecule has 1 unspecified atom stereocenters. The number of benzene rings is 2. The molecule has 8 rings (SSSR count). The number of amides is 2. The van der Waals surface area contributed by atoms with Crippen LogP contribution in [0.3, 0.4) is 0 Å². The van der Waals surface area contributed by atoms with Crippen LogP contribution in [0.15, 0.2) is 42.6 Å². The number of nitrogens with zero attached hydrogens (tertiary/aromatic N) is 5. The Bertz CT molecular complexity index is 2150. The average molecular weight is 702 g/mol. The van der Waals surface area contributed by atoms with E-state index in [1.54, 1.807) is 12.1 Å². The second-order valence-electron chi connectivity index (χ2n) is 15.3. The number of nitrogens with one attached hydrogen (secondary N) is 2. The standard InChI is InChI=1S/C41H44FN7O3/c1-4-25-19-31-32(41(2,3)38-36(37(31)51)30-6-5-24(21-43)17-33(30)45-38)20-34(25)49-11-9-28(10-12-49)48-15-13-47(14-16-48)23-27-18-26(22-44-39(27)42)29-7-8-35(50)46-40(29)52/h5-6,17-20,22,28-29,45H,4,7-16,23H2,1-3H3,(H,46,50,52). The summed E-state index contributed by atoms with van der Waals surface area (Å²) in [7, 11) is 0. The summed E-state index contributed by atoms with van der Waals surface area (Å²) in [5, 5.41) is 12.7. The Balaban J connectivity index is 0.926. The van der Waals surface area contributed by atoms with Crippen molar-refractivity contribution in [1.29, 1.82) is 5.26 Å². The van der Waals surface area contributed by atoms with Gasteiger partial charge < -0.3 is 9.88 Å². The van der Waals surface area contributed by atoms with Crippen molar-refractivity contribution in [3.63, 3.8) is 0 Å². The van der Waals surface area contributed by atoms with Crippen LogP contribution in [0.1, 0.15) is 102 Å². The molecule has 3 aliphatic heterocycles. The molecule has 0 radical (unpaired) electrons. The van der Waals surface area contributed by atoms with Gasteiger partial charge in [-0.25, -0.2) is 4.98 Å². The molecule has 4 aromatic rings. The molecule has 5 heterocycles. The lowest BCUT2D eigenvalue weighted by atomic mass is 9.70. The Morgan fingerprint density at radius 1 is 0.981 bits per heavy atom. The van der Waals surface area contributed by atoms with Crippen molar-refractivity contribution in [3.8, 4) is 6.07 Å². The zero-order valence-electron chi connectivity index (χ0n) is 30.0. The summed E-state index contributed by atoms with van der Waals surface area (Å²) >= 11 is 0. The van der Waals surface area contributed by atoms with Crippen molar-refractivity contribution in [3.05, 3.63) is 93.2 Å². The zero-order valence-corrected chi connectivity index (χ0v) is 30.0. The highest BCUT2D eigenvalue weighted by Crippen LogP contribution is 2.46. The Kier molecular flexibility index (Phi) is 8.71. The lowest BCUT2D eigenvalue weighted by Gasteiger charge is -2.44. The van der Waals surface area contributed by atoms with E-state index >= 15 is 0 Å². The van der Waals surface area contributed by atoms with Gasteiger partial charge in [-0.1, -0.05) is 26.8 Å². The van der Waals surface area contributed by atoms with Crippen molar-refractivity contribution in [2.75, 3.05) is 44.2 Å². The molecular weight excluding hydrogens is 657 g/mol. The number of ketones is 1. The number of imide groups is 1. The minimum Gasteiger partial charge on any atom is -0.371 e. The number of H-pyrrole nitrogens is 1. The SMILES string of the molecule is CCc1cc2c(cc1N1CCC(N3CCN(Cc4cc(C5CCC(=O)NC5=O)cnc4F)CC3)CC1)C(C)(C)c1[nH]c3cc(C#N)ccc3c1C2=O. The molecule has 1 atom stereocenters. The summed E-state index contributed by atoms with van der Waals surface area (Å²) in [5.41, 5.74) is 7.95. The molecular formula is C41H44FN7O3. The summed E-state index contributed by atoms with van der Waals surface area (Å²) in [6.45, 7) is 12.3. The van der Waals surface area contributed by atoms with E-state index in [0.717, 1.165) is 91.8 Å². The van der Waals surface area contributed by atoms with Gasteiger partial charge in [0.25, 0.3) is 0 Å². The Morgan fingerprint density at radius 3 is 2.46 bits per heavy atom. The zero-order chi connectivity index (χ0) is 36.3. The van der Waals surface area contributed by atoms with Crippen molar-refractivity contribution in [1.82, 2.24) is 25.1 Å². The largest absolute Gasteiger partial charge is 0.371 e. The van der Waals surface area contributed by atoms with Crippen LogP contribution in [-0.4, -0.2) is 82.7 Å². The second kappa shape index (κ2) is 13.2. The number of hydrogen-bond donors (Lipinski definition) is 2. The number of carbonyl (C=O) groups excluding carboxylic acids is 3. The number of piperidine rings is 2. The lowest BCUT2D eigenvalue weighted by molar-refractivity contribution is -0.134. The highest BCUT2D eigenvalue weighted by molar-refractivity contribution is 6.20. The van der Waals surface area contributed by atoms with Crippen LogP contribution in [-0.2, 0) is 28.0 Å². The van der Waals surface area contributed by atoms with Gasteiger partial charge in [-0.3, -0.25) is 29.5 Å². The molecule has 10 nitrogen and oxygen atoms in total. The molecule has 0 spiro atoms. The Labute approximate surface area is 303 Å². The van der Waals surface area contributed by atoms with E-state index in [9.17, 15) is 24.0 Å². The van der Waals surface area contributed by atoms with Gasteiger partial charge in [-0.2, -0.15) is 9.65 Å². The third kappa shape index (κ3) is 5.88. The smallest absolute Gasteiger partial charge is 0.234 e. The monoisotopic (exact) mass is 701 g/mol. The highest BCUT2D eigenvalue weighted by Gasteiger charge is 2.41. The molecule has 2 amide bonds. The minimum atomic E-state index is -0.511. The normalized spacial score (nSPS) is 21.2. The molecule has 268 valence electrons. The second-order valence-corrected chi connectivity index (χ2v) is 15.3. The predicted molar refractivity (Wildman–Crippen MR) is 196 cm³/mol. The van der Waals surface area contributed by atoms with Crippen LogP contribution < -0.4 is 10.2 Å². The summed E-state index contributed by atoms with van der Waals surface area (Å²) in [4.78, 5) is 52.9. The number of pyridine rings is 1. The van der Waals surface area contributed by atoms with E-state index < -0.39 is 17.3 Å². The van der Waals surface area contributed by atoms with Gasteiger partial charge in [0.2, 0.25) is 17.8 Å². The van der Waals surface area contributed by atoms with E-state index in [4.69, 9.17) is 0 Å². The molecule has 11 heteroatoms. The first-order chi connectivity index (χ1) is 25.0. The molecule has 0 bridgehead atoms. The number of rotatable bonds is 6. The average Bonchev–Trinajstić information content (AvgIpc) is 3.55. The number of nitriles is 1. The first-order valence-electron chi connectivity index (χ1n) is 18.5. The number of anilines is 1. The van der Waals surface area contributed by atoms with Crippen molar-refractivity contribution >= 4 is 34.2 Å². The maximum atomic E-state index is 14.8. The Hall–Kier alpha value is -4.92. The molecule has 2 aromatic carbocycles. The van der Waals surface area contributed by atoms with E-state index in [1.165, 1.54) is 17.4 Å². The van der Waals surface area contributed by atoms with Gasteiger partial charge in [-0.05, 0) is 72.7 Å². The number of halogens is 1. The predicted octanol–water partition coefficient (Wildman–Crippen LogP) is 5.31. The maximum Gasteiger partial charge on any atom is 0.234 e. The number of aryl methyl sites for hydroxylation is 1. The fraction of sp³-hybridized carbons (Fsp3) is 0.439. The van der Waals surface area contributed by atoms with Gasteiger partial charge in [-0.15, -0.1) is 0 Å². The number of hydrogen-bond acceptors (Lipinski definition) is 8. The number of fused-ring (bicyclic) bond motifs is 4. The molecule has 0 saturated carbocycles. The fourth-order valence-electron chi connectivity index (χ4n) is 8.98. The fourth-order valence-corrected chi connectivity index (χ4v) is 8.98. The molecule has 2 aromatic heterocycles. The number of aromatic amines is 1. The van der Waals surface area contributed by atoms with E-state index in [2.05, 4.69) is 69.0 Å². The quantitative estimate of drug-likeness (QED) is 0.205. The molecule has 1 aliphatic carbocycles. The van der Waals surface area contributed by atoms with Crippen LogP contribution in [0.4, 0.5) is 10.1 Å². The first kappa shape index (κ1) is 34.2. The minimum absolute atomic E-state index is 0.0420. The van der Waals surface area contributed by atoms with E-state index in [1.807, 2.05) is 12.1 Å². The van der Waals surface area contributed by atoms with Crippen molar-refractivity contribution in [2.45, 2.75) is 76.8 Å². The maximum absolute atomic E-state index is 14.8. The summed E-state index contributed by atoms with van der Waals surface area (Å²) in [5.74, 6) is -1.56. The van der Waals surface area contributed by atoms with Gasteiger partial charge in [0.05, 0.1) is 23.1 Å². The summed E-state index contributed by atoms with van der Waals surface area (Å²) in [6, 6.07) is 14.3. The van der Waals surface area contributed by atoms with E-state index in [0.29, 0.717) is 35.7 Å². The first-order valence-corrected chi connectivity index (χ1v) is 18.5. The summed E-state index contributed by atoms with van der Waals surface area (Å²) in [6.07, 6.45) is 5.02. The lowest BCUT2D eigenvalue weighted by Crippen LogP contribution is -2.53. The highest BCUT2D eigenvalue weighted by atomic mass is 19.1. The molecule has 4 aliphatic rings. The topological polar surface area (TPSA) is 125 Å². The van der Waals surface area contributed by atoms with Gasteiger partial charge >= 0.3 is 0 Å². The molecule has 3 fully saturated rings.